The van der Waals surface area contributed by atoms with Gasteiger partial charge in [0.2, 0.25) is 0 Å². The van der Waals surface area contributed by atoms with E-state index in [4.69, 9.17) is 5.84 Å². The average Bonchev–Trinajstić information content (AvgIpc) is 3.07. The van der Waals surface area contributed by atoms with Gasteiger partial charge < -0.3 is 0 Å². The van der Waals surface area contributed by atoms with Gasteiger partial charge in [-0.2, -0.15) is 5.10 Å². The van der Waals surface area contributed by atoms with Crippen LogP contribution in [0.5, 0.6) is 0 Å². The highest BCUT2D eigenvalue weighted by atomic mass is 15.3. The van der Waals surface area contributed by atoms with Crippen LogP contribution in [-0.2, 0) is 7.05 Å². The summed E-state index contributed by atoms with van der Waals surface area (Å²) in [6.45, 7) is 0. The average molecular weight is 242 g/mol. The largest absolute Gasteiger partial charge is 0.275 e. The Morgan fingerprint density at radius 2 is 2.17 bits per heavy atom. The first-order valence-electron chi connectivity index (χ1n) is 6.29. The number of nitrogens with two attached hydrogens (primary N) is 1. The van der Waals surface area contributed by atoms with Crippen molar-refractivity contribution in [3.8, 4) is 0 Å². The normalized spacial score (nSPS) is 23.9. The molecule has 2 aromatic rings. The highest BCUT2D eigenvalue weighted by Gasteiger charge is 2.44. The standard InChI is InChI=1S/C14H18N4/c1-18-9-11(8-16-18)14(17-15)13-7-12(13)10-5-3-2-4-6-10/h2-6,8-9,12-14,17H,7,15H2,1H3. The summed E-state index contributed by atoms with van der Waals surface area (Å²) in [4.78, 5) is 0. The fraction of sp³-hybridized carbons (Fsp3) is 0.357. The Bertz CT molecular complexity index is 520. The molecule has 1 aromatic heterocycles. The van der Waals surface area contributed by atoms with Crippen LogP contribution in [0.1, 0.15) is 29.5 Å². The van der Waals surface area contributed by atoms with Crippen LogP contribution in [0.2, 0.25) is 0 Å². The minimum atomic E-state index is 0.198. The Hall–Kier alpha value is -1.65. The first-order valence-corrected chi connectivity index (χ1v) is 6.29. The second kappa shape index (κ2) is 4.55. The molecule has 3 N–H and O–H groups in total. The maximum Gasteiger partial charge on any atom is 0.0538 e. The van der Waals surface area contributed by atoms with Crippen molar-refractivity contribution >= 4 is 0 Å². The van der Waals surface area contributed by atoms with Gasteiger partial charge in [-0.05, 0) is 23.8 Å². The number of hydrogen-bond donors (Lipinski definition) is 2. The zero-order chi connectivity index (χ0) is 12.5. The van der Waals surface area contributed by atoms with E-state index in [9.17, 15) is 0 Å². The van der Waals surface area contributed by atoms with E-state index in [2.05, 4.69) is 40.9 Å². The molecule has 1 aromatic carbocycles. The molecule has 4 heteroatoms. The molecule has 4 nitrogen and oxygen atoms in total. The van der Waals surface area contributed by atoms with Crippen molar-refractivity contribution in [2.75, 3.05) is 0 Å². The lowest BCUT2D eigenvalue weighted by Crippen LogP contribution is -2.29. The molecule has 0 aliphatic heterocycles. The Morgan fingerprint density at radius 3 is 2.78 bits per heavy atom. The highest BCUT2D eigenvalue weighted by Crippen LogP contribution is 2.53. The van der Waals surface area contributed by atoms with Gasteiger partial charge in [0.1, 0.15) is 0 Å². The summed E-state index contributed by atoms with van der Waals surface area (Å²) in [7, 11) is 1.93. The second-order valence-electron chi connectivity index (χ2n) is 5.01. The third-order valence-electron chi connectivity index (χ3n) is 3.76. The summed E-state index contributed by atoms with van der Waals surface area (Å²) in [5.41, 5.74) is 5.52. The molecule has 0 spiro atoms. The summed E-state index contributed by atoms with van der Waals surface area (Å²) in [6.07, 6.45) is 5.11. The minimum Gasteiger partial charge on any atom is -0.275 e. The summed E-state index contributed by atoms with van der Waals surface area (Å²) in [5, 5.41) is 4.21. The van der Waals surface area contributed by atoms with Crippen molar-refractivity contribution in [1.82, 2.24) is 15.2 Å². The predicted octanol–water partition coefficient (Wildman–Crippen LogP) is 1.73. The van der Waals surface area contributed by atoms with Crippen LogP contribution in [0.15, 0.2) is 42.7 Å². The van der Waals surface area contributed by atoms with E-state index in [1.165, 1.54) is 17.5 Å². The van der Waals surface area contributed by atoms with Crippen LogP contribution in [-0.4, -0.2) is 9.78 Å². The molecule has 0 saturated heterocycles. The molecule has 1 saturated carbocycles. The quantitative estimate of drug-likeness (QED) is 0.634. The number of rotatable bonds is 4. The van der Waals surface area contributed by atoms with E-state index in [1.54, 1.807) is 0 Å². The van der Waals surface area contributed by atoms with Crippen LogP contribution in [0.25, 0.3) is 0 Å². The van der Waals surface area contributed by atoms with E-state index in [0.717, 1.165) is 0 Å². The Kier molecular flexibility index (Phi) is 2.89. The topological polar surface area (TPSA) is 55.9 Å². The van der Waals surface area contributed by atoms with Crippen molar-refractivity contribution in [2.24, 2.45) is 18.8 Å². The first-order chi connectivity index (χ1) is 8.79. The van der Waals surface area contributed by atoms with Gasteiger partial charge in [-0.3, -0.25) is 16.0 Å². The molecule has 0 amide bonds. The number of hydrazine groups is 1. The molecule has 18 heavy (non-hydrogen) atoms. The molecule has 0 radical (unpaired) electrons. The molecule has 3 rings (SSSR count). The van der Waals surface area contributed by atoms with Crippen LogP contribution in [0, 0.1) is 5.92 Å². The van der Waals surface area contributed by atoms with E-state index < -0.39 is 0 Å². The lowest BCUT2D eigenvalue weighted by Gasteiger charge is -2.14. The van der Waals surface area contributed by atoms with Gasteiger partial charge >= 0.3 is 0 Å². The van der Waals surface area contributed by atoms with Crippen molar-refractivity contribution in [2.45, 2.75) is 18.4 Å². The molecular weight excluding hydrogens is 224 g/mol. The predicted molar refractivity (Wildman–Crippen MR) is 70.6 cm³/mol. The molecule has 3 atom stereocenters. The van der Waals surface area contributed by atoms with Gasteiger partial charge in [0, 0.05) is 18.8 Å². The van der Waals surface area contributed by atoms with Crippen molar-refractivity contribution in [1.29, 1.82) is 0 Å². The molecule has 1 heterocycles. The van der Waals surface area contributed by atoms with Gasteiger partial charge in [0.05, 0.1) is 12.2 Å². The minimum absolute atomic E-state index is 0.198. The Labute approximate surface area is 107 Å². The fourth-order valence-corrected chi connectivity index (χ4v) is 2.73. The van der Waals surface area contributed by atoms with Gasteiger partial charge in [-0.25, -0.2) is 0 Å². The highest BCUT2D eigenvalue weighted by molar-refractivity contribution is 5.29. The first kappa shape index (κ1) is 11.4. The monoisotopic (exact) mass is 242 g/mol. The van der Waals surface area contributed by atoms with E-state index in [-0.39, 0.29) is 6.04 Å². The zero-order valence-corrected chi connectivity index (χ0v) is 10.5. The molecule has 1 fully saturated rings. The van der Waals surface area contributed by atoms with Crippen LogP contribution >= 0.6 is 0 Å². The molecular formula is C14H18N4. The number of hydrogen-bond acceptors (Lipinski definition) is 3. The maximum absolute atomic E-state index is 5.71. The van der Waals surface area contributed by atoms with Gasteiger partial charge in [-0.1, -0.05) is 30.3 Å². The second-order valence-corrected chi connectivity index (χ2v) is 5.01. The summed E-state index contributed by atoms with van der Waals surface area (Å²) in [6, 6.07) is 10.8. The number of benzene rings is 1. The van der Waals surface area contributed by atoms with E-state index in [0.29, 0.717) is 11.8 Å². The van der Waals surface area contributed by atoms with Crippen molar-refractivity contribution in [3.05, 3.63) is 53.9 Å². The third-order valence-corrected chi connectivity index (χ3v) is 3.76. The SMILES string of the molecule is Cn1cc(C(NN)C2CC2c2ccccc2)cn1. The Morgan fingerprint density at radius 1 is 1.39 bits per heavy atom. The molecule has 0 bridgehead atoms. The summed E-state index contributed by atoms with van der Waals surface area (Å²) < 4.78 is 1.82. The maximum atomic E-state index is 5.71. The molecule has 94 valence electrons. The molecule has 1 aliphatic carbocycles. The lowest BCUT2D eigenvalue weighted by atomic mass is 10.0. The van der Waals surface area contributed by atoms with E-state index in [1.807, 2.05) is 24.1 Å². The summed E-state index contributed by atoms with van der Waals surface area (Å²) >= 11 is 0. The Balaban J connectivity index is 1.76. The summed E-state index contributed by atoms with van der Waals surface area (Å²) in [5.74, 6) is 6.90. The van der Waals surface area contributed by atoms with Crippen LogP contribution in [0.3, 0.4) is 0 Å². The van der Waals surface area contributed by atoms with Gasteiger partial charge in [-0.15, -0.1) is 0 Å². The number of nitrogens with one attached hydrogen (secondary N) is 1. The number of aromatic nitrogens is 2. The van der Waals surface area contributed by atoms with Crippen molar-refractivity contribution < 1.29 is 0 Å². The number of aryl methyl sites for hydroxylation is 1. The van der Waals surface area contributed by atoms with Crippen LogP contribution in [0.4, 0.5) is 0 Å². The lowest BCUT2D eigenvalue weighted by molar-refractivity contribution is 0.487. The molecule has 1 aliphatic rings. The smallest absolute Gasteiger partial charge is 0.0538 e. The third kappa shape index (κ3) is 2.05. The number of nitrogens with zero attached hydrogens (tertiary/aromatic N) is 2. The van der Waals surface area contributed by atoms with E-state index >= 15 is 0 Å². The fourth-order valence-electron chi connectivity index (χ4n) is 2.73. The van der Waals surface area contributed by atoms with Crippen molar-refractivity contribution in [3.63, 3.8) is 0 Å². The van der Waals surface area contributed by atoms with Gasteiger partial charge in [0.15, 0.2) is 0 Å². The molecule has 3 unspecified atom stereocenters. The zero-order valence-electron chi connectivity index (χ0n) is 10.5. The van der Waals surface area contributed by atoms with Crippen LogP contribution < -0.4 is 11.3 Å². The van der Waals surface area contributed by atoms with Gasteiger partial charge in [0.25, 0.3) is 0 Å².